The van der Waals surface area contributed by atoms with Crippen molar-refractivity contribution < 1.29 is 0 Å². The van der Waals surface area contributed by atoms with Crippen molar-refractivity contribution in [2.75, 3.05) is 24.5 Å². The molecule has 1 aliphatic heterocycles. The highest BCUT2D eigenvalue weighted by atomic mass is 15.2. The molecular weight excluding hydrogens is 332 g/mol. The van der Waals surface area contributed by atoms with Gasteiger partial charge in [0.15, 0.2) is 0 Å². The van der Waals surface area contributed by atoms with Crippen LogP contribution in [-0.4, -0.2) is 29.6 Å². The van der Waals surface area contributed by atoms with Crippen molar-refractivity contribution in [3.63, 3.8) is 0 Å². The van der Waals surface area contributed by atoms with Gasteiger partial charge in [-0.05, 0) is 30.5 Å². The molecule has 0 radical (unpaired) electrons. The van der Waals surface area contributed by atoms with E-state index in [2.05, 4.69) is 81.6 Å². The molecule has 0 amide bonds. The Labute approximate surface area is 161 Å². The summed E-state index contributed by atoms with van der Waals surface area (Å²) in [4.78, 5) is 11.2. The van der Waals surface area contributed by atoms with Crippen LogP contribution in [0.2, 0.25) is 0 Å². The van der Waals surface area contributed by atoms with Crippen LogP contribution in [0.4, 0.5) is 5.82 Å². The largest absolute Gasteiger partial charge is 0.356 e. The summed E-state index contributed by atoms with van der Waals surface area (Å²) in [5, 5.41) is 0. The van der Waals surface area contributed by atoms with Crippen molar-refractivity contribution in [3.05, 3.63) is 89.9 Å². The van der Waals surface area contributed by atoms with Gasteiger partial charge in [-0.25, -0.2) is 9.97 Å². The van der Waals surface area contributed by atoms with Crippen LogP contribution in [0.3, 0.4) is 0 Å². The van der Waals surface area contributed by atoms with Gasteiger partial charge in [0.05, 0.1) is 0 Å². The van der Waals surface area contributed by atoms with Gasteiger partial charge in [0.25, 0.3) is 0 Å². The zero-order valence-corrected chi connectivity index (χ0v) is 15.6. The van der Waals surface area contributed by atoms with Crippen LogP contribution < -0.4 is 10.6 Å². The molecule has 1 fully saturated rings. The van der Waals surface area contributed by atoms with Gasteiger partial charge in [-0.1, -0.05) is 60.7 Å². The van der Waals surface area contributed by atoms with Crippen molar-refractivity contribution >= 4 is 5.82 Å². The summed E-state index contributed by atoms with van der Waals surface area (Å²) in [6.45, 7) is 2.56. The Kier molecular flexibility index (Phi) is 5.16. The van der Waals surface area contributed by atoms with Crippen molar-refractivity contribution in [2.24, 2.45) is 5.73 Å². The molecule has 2 heterocycles. The Bertz CT molecular complexity index is 814. The lowest BCUT2D eigenvalue weighted by atomic mass is 9.68. The second-order valence-corrected chi connectivity index (χ2v) is 7.21. The standard InChI is InChI=1S/C23H26N4/c24-14-11-21-17-22(26-18-25-21)27-15-12-23(13-16-27,19-7-3-1-4-8-19)20-9-5-2-6-10-20/h1-10,17-18H,11-16,24H2. The van der Waals surface area contributed by atoms with Gasteiger partial charge in [-0.3, -0.25) is 0 Å². The molecular formula is C23H26N4. The molecule has 0 saturated carbocycles. The molecule has 4 heteroatoms. The summed E-state index contributed by atoms with van der Waals surface area (Å²) in [6.07, 6.45) is 4.59. The van der Waals surface area contributed by atoms with E-state index in [0.717, 1.165) is 43.9 Å². The van der Waals surface area contributed by atoms with E-state index in [-0.39, 0.29) is 5.41 Å². The monoisotopic (exact) mass is 358 g/mol. The minimum absolute atomic E-state index is 0.0616. The highest BCUT2D eigenvalue weighted by Crippen LogP contribution is 2.42. The molecule has 0 atom stereocenters. The summed E-state index contributed by atoms with van der Waals surface area (Å²) >= 11 is 0. The molecule has 0 unspecified atom stereocenters. The fourth-order valence-electron chi connectivity index (χ4n) is 4.22. The maximum Gasteiger partial charge on any atom is 0.132 e. The third-order valence-corrected chi connectivity index (χ3v) is 5.70. The molecule has 2 N–H and O–H groups in total. The summed E-state index contributed by atoms with van der Waals surface area (Å²) in [5.74, 6) is 1.02. The summed E-state index contributed by atoms with van der Waals surface area (Å²) in [5.41, 5.74) is 9.57. The van der Waals surface area contributed by atoms with Crippen LogP contribution in [0, 0.1) is 0 Å². The van der Waals surface area contributed by atoms with E-state index < -0.39 is 0 Å². The normalized spacial score (nSPS) is 16.3. The Morgan fingerprint density at radius 2 is 1.44 bits per heavy atom. The molecule has 4 nitrogen and oxygen atoms in total. The van der Waals surface area contributed by atoms with E-state index in [1.54, 1.807) is 6.33 Å². The van der Waals surface area contributed by atoms with Gasteiger partial charge in [-0.15, -0.1) is 0 Å². The first-order valence-electron chi connectivity index (χ1n) is 9.69. The van der Waals surface area contributed by atoms with Gasteiger partial charge in [0, 0.05) is 36.7 Å². The second-order valence-electron chi connectivity index (χ2n) is 7.21. The minimum atomic E-state index is 0.0616. The lowest BCUT2D eigenvalue weighted by molar-refractivity contribution is 0.391. The first-order valence-corrected chi connectivity index (χ1v) is 9.69. The number of rotatable bonds is 5. The molecule has 1 aliphatic rings. The van der Waals surface area contributed by atoms with Crippen molar-refractivity contribution in [3.8, 4) is 0 Å². The van der Waals surface area contributed by atoms with E-state index in [0.29, 0.717) is 6.54 Å². The van der Waals surface area contributed by atoms with Crippen LogP contribution in [0.25, 0.3) is 0 Å². The first-order chi connectivity index (χ1) is 13.3. The number of piperidine rings is 1. The quantitative estimate of drug-likeness (QED) is 0.758. The average molecular weight is 358 g/mol. The molecule has 1 aromatic heterocycles. The summed E-state index contributed by atoms with van der Waals surface area (Å²) in [6, 6.07) is 24.0. The maximum atomic E-state index is 5.68. The number of hydrogen-bond donors (Lipinski definition) is 1. The number of benzene rings is 2. The zero-order chi connectivity index (χ0) is 18.5. The zero-order valence-electron chi connectivity index (χ0n) is 15.6. The van der Waals surface area contributed by atoms with Gasteiger partial charge in [0.2, 0.25) is 0 Å². The molecule has 1 saturated heterocycles. The summed E-state index contributed by atoms with van der Waals surface area (Å²) in [7, 11) is 0. The fourth-order valence-corrected chi connectivity index (χ4v) is 4.22. The molecule has 27 heavy (non-hydrogen) atoms. The predicted octanol–water partition coefficient (Wildman–Crippen LogP) is 3.56. The third-order valence-electron chi connectivity index (χ3n) is 5.70. The predicted molar refractivity (Wildman–Crippen MR) is 110 cm³/mol. The highest BCUT2D eigenvalue weighted by Gasteiger charge is 2.38. The number of aromatic nitrogens is 2. The van der Waals surface area contributed by atoms with Gasteiger partial charge < -0.3 is 10.6 Å². The molecule has 0 aliphatic carbocycles. The van der Waals surface area contributed by atoms with Gasteiger partial charge in [0.1, 0.15) is 12.1 Å². The highest BCUT2D eigenvalue weighted by molar-refractivity contribution is 5.45. The second kappa shape index (κ2) is 7.89. The van der Waals surface area contributed by atoms with Crippen molar-refractivity contribution in [1.82, 2.24) is 9.97 Å². The Morgan fingerprint density at radius 3 is 2.00 bits per heavy atom. The lowest BCUT2D eigenvalue weighted by Crippen LogP contribution is -2.43. The van der Waals surface area contributed by atoms with Crippen molar-refractivity contribution in [1.29, 1.82) is 0 Å². The van der Waals surface area contributed by atoms with Crippen LogP contribution in [0.15, 0.2) is 73.1 Å². The van der Waals surface area contributed by atoms with Crippen molar-refractivity contribution in [2.45, 2.75) is 24.7 Å². The van der Waals surface area contributed by atoms with E-state index in [4.69, 9.17) is 5.73 Å². The minimum Gasteiger partial charge on any atom is -0.356 e. The number of anilines is 1. The van der Waals surface area contributed by atoms with E-state index in [9.17, 15) is 0 Å². The van der Waals surface area contributed by atoms with Crippen LogP contribution >= 0.6 is 0 Å². The smallest absolute Gasteiger partial charge is 0.132 e. The SMILES string of the molecule is NCCc1cc(N2CCC(c3ccccc3)(c3ccccc3)CC2)ncn1. The fraction of sp³-hybridized carbons (Fsp3) is 0.304. The summed E-state index contributed by atoms with van der Waals surface area (Å²) < 4.78 is 0. The molecule has 0 bridgehead atoms. The van der Waals surface area contributed by atoms with E-state index >= 15 is 0 Å². The van der Waals surface area contributed by atoms with Gasteiger partial charge in [-0.2, -0.15) is 0 Å². The molecule has 138 valence electrons. The number of nitrogens with zero attached hydrogens (tertiary/aromatic N) is 3. The van der Waals surface area contributed by atoms with Gasteiger partial charge >= 0.3 is 0 Å². The average Bonchev–Trinajstić information content (AvgIpc) is 2.75. The van der Waals surface area contributed by atoms with E-state index in [1.165, 1.54) is 11.1 Å². The van der Waals surface area contributed by atoms with Crippen LogP contribution in [0.5, 0.6) is 0 Å². The molecule has 4 rings (SSSR count). The molecule has 0 spiro atoms. The Hall–Kier alpha value is -2.72. The maximum absolute atomic E-state index is 5.68. The molecule has 3 aromatic rings. The lowest BCUT2D eigenvalue weighted by Gasteiger charge is -2.43. The number of hydrogen-bond acceptors (Lipinski definition) is 4. The first kappa shape index (κ1) is 17.7. The molecule has 2 aromatic carbocycles. The third kappa shape index (κ3) is 3.58. The van der Waals surface area contributed by atoms with Crippen LogP contribution in [-0.2, 0) is 11.8 Å². The van der Waals surface area contributed by atoms with Crippen LogP contribution in [0.1, 0.15) is 29.7 Å². The Morgan fingerprint density at radius 1 is 0.852 bits per heavy atom. The Balaban J connectivity index is 1.61. The number of nitrogens with two attached hydrogens (primary N) is 1. The topological polar surface area (TPSA) is 55.0 Å². The van der Waals surface area contributed by atoms with E-state index in [1.807, 2.05) is 0 Å².